The molecule has 1 saturated heterocycles. The van der Waals surface area contributed by atoms with Gasteiger partial charge in [-0.25, -0.2) is 4.68 Å². The molecule has 1 aliphatic heterocycles. The Morgan fingerprint density at radius 3 is 2.86 bits per heavy atom. The van der Waals surface area contributed by atoms with Gasteiger partial charge in [0.25, 0.3) is 0 Å². The van der Waals surface area contributed by atoms with E-state index in [4.69, 9.17) is 0 Å². The molecule has 21 heavy (non-hydrogen) atoms. The van der Waals surface area contributed by atoms with Gasteiger partial charge in [-0.1, -0.05) is 17.3 Å². The molecule has 0 bridgehead atoms. The average molecular weight is 288 g/mol. The topological polar surface area (TPSA) is 88.3 Å². The normalized spacial score (nSPS) is 21.9. The van der Waals surface area contributed by atoms with Crippen molar-refractivity contribution in [1.29, 1.82) is 0 Å². The molecule has 0 unspecified atom stereocenters. The second-order valence-electron chi connectivity index (χ2n) is 5.67. The SMILES string of the molecule is C[C@@]1(C(=O)O)CCN(C(=O)Cn2nnc3ccccc32)C1. The average Bonchev–Trinajstić information content (AvgIpc) is 3.05. The Balaban J connectivity index is 1.74. The first-order valence-corrected chi connectivity index (χ1v) is 6.79. The van der Waals surface area contributed by atoms with Crippen LogP contribution >= 0.6 is 0 Å². The van der Waals surface area contributed by atoms with Gasteiger partial charge in [0.1, 0.15) is 12.1 Å². The zero-order valence-electron chi connectivity index (χ0n) is 11.7. The molecular weight excluding hydrogens is 272 g/mol. The van der Waals surface area contributed by atoms with Crippen molar-refractivity contribution in [2.24, 2.45) is 5.41 Å². The van der Waals surface area contributed by atoms with E-state index in [1.807, 2.05) is 24.3 Å². The largest absolute Gasteiger partial charge is 0.481 e. The van der Waals surface area contributed by atoms with E-state index in [-0.39, 0.29) is 19.0 Å². The fourth-order valence-corrected chi connectivity index (χ4v) is 2.61. The molecule has 0 radical (unpaired) electrons. The van der Waals surface area contributed by atoms with Crippen LogP contribution in [0.15, 0.2) is 24.3 Å². The standard InChI is InChI=1S/C14H16N4O3/c1-14(13(20)21)6-7-17(9-14)12(19)8-18-11-5-3-2-4-10(11)15-16-18/h2-5H,6-9H2,1H3,(H,20,21)/t14-/m1/s1. The van der Waals surface area contributed by atoms with Crippen molar-refractivity contribution in [3.63, 3.8) is 0 Å². The number of benzene rings is 1. The number of aromatic nitrogens is 3. The van der Waals surface area contributed by atoms with Crippen molar-refractivity contribution in [2.75, 3.05) is 13.1 Å². The predicted octanol–water partition coefficient (Wildman–Crippen LogP) is 0.754. The van der Waals surface area contributed by atoms with E-state index >= 15 is 0 Å². The number of fused-ring (bicyclic) bond motifs is 1. The number of hydrogen-bond acceptors (Lipinski definition) is 4. The molecule has 3 rings (SSSR count). The molecule has 0 spiro atoms. The Labute approximate surface area is 121 Å². The summed E-state index contributed by atoms with van der Waals surface area (Å²) >= 11 is 0. The van der Waals surface area contributed by atoms with E-state index < -0.39 is 11.4 Å². The van der Waals surface area contributed by atoms with Gasteiger partial charge in [0.05, 0.1) is 10.9 Å². The van der Waals surface area contributed by atoms with Gasteiger partial charge < -0.3 is 10.0 Å². The third-order valence-corrected chi connectivity index (χ3v) is 4.05. The summed E-state index contributed by atoms with van der Waals surface area (Å²) in [5.74, 6) is -0.986. The molecule has 1 aromatic carbocycles. The van der Waals surface area contributed by atoms with Crippen LogP contribution in [0.1, 0.15) is 13.3 Å². The van der Waals surface area contributed by atoms with E-state index in [2.05, 4.69) is 10.3 Å². The molecular formula is C14H16N4O3. The van der Waals surface area contributed by atoms with Crippen LogP contribution in [0.5, 0.6) is 0 Å². The molecule has 1 atom stereocenters. The van der Waals surface area contributed by atoms with Crippen LogP contribution in [0, 0.1) is 5.41 Å². The van der Waals surface area contributed by atoms with Crippen LogP contribution in [0.3, 0.4) is 0 Å². The van der Waals surface area contributed by atoms with E-state index in [0.29, 0.717) is 13.0 Å². The first kappa shape index (κ1) is 13.5. The van der Waals surface area contributed by atoms with Crippen LogP contribution < -0.4 is 0 Å². The zero-order chi connectivity index (χ0) is 15.0. The summed E-state index contributed by atoms with van der Waals surface area (Å²) < 4.78 is 1.55. The van der Waals surface area contributed by atoms with Crippen molar-refractivity contribution < 1.29 is 14.7 Å². The molecule has 7 heteroatoms. The smallest absolute Gasteiger partial charge is 0.311 e. The minimum absolute atomic E-state index is 0.0796. The lowest BCUT2D eigenvalue weighted by Crippen LogP contribution is -2.36. The Hall–Kier alpha value is -2.44. The number of carboxylic acid groups (broad SMARTS) is 1. The fourth-order valence-electron chi connectivity index (χ4n) is 2.61. The molecule has 2 heterocycles. The van der Waals surface area contributed by atoms with Gasteiger partial charge in [0, 0.05) is 13.1 Å². The zero-order valence-corrected chi connectivity index (χ0v) is 11.7. The molecule has 1 amide bonds. The Morgan fingerprint density at radius 2 is 2.14 bits per heavy atom. The maximum absolute atomic E-state index is 12.3. The molecule has 1 aromatic heterocycles. The van der Waals surface area contributed by atoms with E-state index in [9.17, 15) is 14.7 Å². The quantitative estimate of drug-likeness (QED) is 0.900. The van der Waals surface area contributed by atoms with Crippen molar-refractivity contribution >= 4 is 22.9 Å². The Morgan fingerprint density at radius 1 is 1.38 bits per heavy atom. The Bertz CT molecular complexity index is 711. The molecule has 2 aromatic rings. The molecule has 1 N–H and O–H groups in total. The molecule has 110 valence electrons. The van der Waals surface area contributed by atoms with Crippen molar-refractivity contribution in [1.82, 2.24) is 19.9 Å². The van der Waals surface area contributed by atoms with Crippen LogP contribution in [-0.2, 0) is 16.1 Å². The molecule has 0 saturated carbocycles. The van der Waals surface area contributed by atoms with Crippen LogP contribution in [0.25, 0.3) is 11.0 Å². The third kappa shape index (κ3) is 2.35. The number of amides is 1. The summed E-state index contributed by atoms with van der Waals surface area (Å²) in [6.45, 7) is 2.46. The number of para-hydroxylation sites is 1. The predicted molar refractivity (Wildman–Crippen MR) is 74.5 cm³/mol. The highest BCUT2D eigenvalue weighted by molar-refractivity contribution is 5.82. The van der Waals surface area contributed by atoms with E-state index in [0.717, 1.165) is 11.0 Å². The summed E-state index contributed by atoms with van der Waals surface area (Å²) in [6.07, 6.45) is 0.478. The van der Waals surface area contributed by atoms with E-state index in [1.54, 1.807) is 16.5 Å². The Kier molecular flexibility index (Phi) is 3.12. The summed E-state index contributed by atoms with van der Waals surface area (Å²) in [5.41, 5.74) is 0.688. The van der Waals surface area contributed by atoms with Gasteiger partial charge in [-0.15, -0.1) is 5.10 Å². The van der Waals surface area contributed by atoms with E-state index in [1.165, 1.54) is 0 Å². The van der Waals surface area contributed by atoms with Crippen LogP contribution in [0.4, 0.5) is 0 Å². The van der Waals surface area contributed by atoms with Crippen molar-refractivity contribution in [3.8, 4) is 0 Å². The van der Waals surface area contributed by atoms with Gasteiger partial charge >= 0.3 is 5.97 Å². The monoisotopic (exact) mass is 288 g/mol. The van der Waals surface area contributed by atoms with Gasteiger partial charge in [-0.2, -0.15) is 0 Å². The highest BCUT2D eigenvalue weighted by Gasteiger charge is 2.42. The summed E-state index contributed by atoms with van der Waals surface area (Å²) in [7, 11) is 0. The number of carbonyl (C=O) groups is 2. The maximum Gasteiger partial charge on any atom is 0.311 e. The number of aliphatic carboxylic acids is 1. The summed E-state index contributed by atoms with van der Waals surface area (Å²) in [5, 5.41) is 17.2. The minimum Gasteiger partial charge on any atom is -0.481 e. The number of nitrogens with zero attached hydrogens (tertiary/aromatic N) is 4. The lowest BCUT2D eigenvalue weighted by molar-refractivity contribution is -0.147. The first-order chi connectivity index (χ1) is 9.99. The number of rotatable bonds is 3. The maximum atomic E-state index is 12.3. The summed E-state index contributed by atoms with van der Waals surface area (Å²) in [4.78, 5) is 25.1. The molecule has 1 aliphatic rings. The lowest BCUT2D eigenvalue weighted by atomic mass is 9.90. The molecule has 7 nitrogen and oxygen atoms in total. The number of likely N-dealkylation sites (tertiary alicyclic amines) is 1. The fraction of sp³-hybridized carbons (Fsp3) is 0.429. The second-order valence-corrected chi connectivity index (χ2v) is 5.67. The third-order valence-electron chi connectivity index (χ3n) is 4.05. The van der Waals surface area contributed by atoms with Gasteiger partial charge in [-0.05, 0) is 25.5 Å². The first-order valence-electron chi connectivity index (χ1n) is 6.79. The summed E-state index contributed by atoms with van der Waals surface area (Å²) in [6, 6.07) is 7.42. The van der Waals surface area contributed by atoms with Crippen LogP contribution in [0.2, 0.25) is 0 Å². The molecule has 0 aliphatic carbocycles. The lowest BCUT2D eigenvalue weighted by Gasteiger charge is -2.20. The van der Waals surface area contributed by atoms with Crippen molar-refractivity contribution in [2.45, 2.75) is 19.9 Å². The number of carboxylic acids is 1. The highest BCUT2D eigenvalue weighted by atomic mass is 16.4. The van der Waals surface area contributed by atoms with Gasteiger partial charge in [0.15, 0.2) is 0 Å². The second kappa shape index (κ2) is 4.83. The number of hydrogen-bond donors (Lipinski definition) is 1. The minimum atomic E-state index is -0.857. The number of carbonyl (C=O) groups excluding carboxylic acids is 1. The molecule has 1 fully saturated rings. The van der Waals surface area contributed by atoms with Gasteiger partial charge in [0.2, 0.25) is 5.91 Å². The van der Waals surface area contributed by atoms with Gasteiger partial charge in [-0.3, -0.25) is 9.59 Å². The highest BCUT2D eigenvalue weighted by Crippen LogP contribution is 2.30. The van der Waals surface area contributed by atoms with Crippen LogP contribution in [-0.4, -0.2) is 50.0 Å². The van der Waals surface area contributed by atoms with Crippen molar-refractivity contribution in [3.05, 3.63) is 24.3 Å².